The summed E-state index contributed by atoms with van der Waals surface area (Å²) in [6.45, 7) is 3.95. The van der Waals surface area contributed by atoms with Gasteiger partial charge >= 0.3 is 23.9 Å². The zero-order valence-electron chi connectivity index (χ0n) is 22.0. The average Bonchev–Trinajstić information content (AvgIpc) is 3.11. The zero-order valence-corrected chi connectivity index (χ0v) is 22.8. The zero-order chi connectivity index (χ0) is 29.7. The molecule has 0 radical (unpaired) electrons. The van der Waals surface area contributed by atoms with Gasteiger partial charge in [-0.05, 0) is 12.1 Å². The Balaban J connectivity index is 2.10. The standard InChI is InChI=1S/C25H28N2O12S/c1-11(28)26-17(24(34)35)10-40-25-19(27-22(32)15-7-5-6-8-16(15)23(27)33)21(38-14(4)31)20(37-13(3)30)18(39-25)9-36-12(2)29/h5-8,17-21,25H,9-10H2,1-4H3,(H,26,28)(H,34,35)/t17-,18+,19+,20+,21+,25-/m0/s1. The molecule has 15 heteroatoms. The molecule has 1 fully saturated rings. The molecule has 3 rings (SSSR count). The van der Waals surface area contributed by atoms with Crippen LogP contribution in [-0.2, 0) is 42.9 Å². The number of rotatable bonds is 10. The van der Waals surface area contributed by atoms with Gasteiger partial charge in [0.15, 0.2) is 12.2 Å². The highest BCUT2D eigenvalue weighted by molar-refractivity contribution is 7.99. The molecule has 0 saturated carbocycles. The van der Waals surface area contributed by atoms with Gasteiger partial charge in [-0.25, -0.2) is 4.79 Å². The van der Waals surface area contributed by atoms with Gasteiger partial charge in [0, 0.05) is 33.4 Å². The number of carboxylic acids is 1. The summed E-state index contributed by atoms with van der Waals surface area (Å²) in [5.74, 6) is -6.12. The number of imide groups is 1. The van der Waals surface area contributed by atoms with Crippen LogP contribution in [0.25, 0.3) is 0 Å². The van der Waals surface area contributed by atoms with Crippen LogP contribution in [0.2, 0.25) is 0 Å². The number of esters is 3. The summed E-state index contributed by atoms with van der Waals surface area (Å²) in [6.07, 6.45) is -4.18. The molecule has 0 aliphatic carbocycles. The van der Waals surface area contributed by atoms with Crippen LogP contribution in [-0.4, -0.2) is 99.8 Å². The number of amides is 3. The summed E-state index contributed by atoms with van der Waals surface area (Å²) in [7, 11) is 0. The molecule has 6 atom stereocenters. The maximum Gasteiger partial charge on any atom is 0.327 e. The summed E-state index contributed by atoms with van der Waals surface area (Å²) >= 11 is 0.807. The molecule has 14 nitrogen and oxygen atoms in total. The fourth-order valence-electron chi connectivity index (χ4n) is 4.38. The number of nitrogens with one attached hydrogen (secondary N) is 1. The van der Waals surface area contributed by atoms with E-state index in [2.05, 4.69) is 5.32 Å². The van der Waals surface area contributed by atoms with E-state index in [0.717, 1.165) is 44.4 Å². The van der Waals surface area contributed by atoms with Crippen LogP contribution >= 0.6 is 11.8 Å². The van der Waals surface area contributed by atoms with Crippen LogP contribution in [0.3, 0.4) is 0 Å². The van der Waals surface area contributed by atoms with Gasteiger partial charge in [0.05, 0.1) is 11.1 Å². The van der Waals surface area contributed by atoms with Crippen LogP contribution in [0.1, 0.15) is 48.4 Å². The number of hydrogen-bond acceptors (Lipinski definition) is 12. The predicted molar refractivity (Wildman–Crippen MR) is 135 cm³/mol. The highest BCUT2D eigenvalue weighted by atomic mass is 32.2. The second-order valence-electron chi connectivity index (χ2n) is 8.93. The van der Waals surface area contributed by atoms with Gasteiger partial charge in [-0.15, -0.1) is 11.8 Å². The van der Waals surface area contributed by atoms with Crippen molar-refractivity contribution in [2.24, 2.45) is 0 Å². The summed E-state index contributed by atoms with van der Waals surface area (Å²) in [5, 5.41) is 11.8. The predicted octanol–water partition coefficient (Wildman–Crippen LogP) is 0.125. The Morgan fingerprint density at radius 1 is 0.950 bits per heavy atom. The van der Waals surface area contributed by atoms with Crippen molar-refractivity contribution >= 4 is 53.4 Å². The number of carbonyl (C=O) groups is 7. The Kier molecular flexibility index (Phi) is 9.87. The molecule has 2 aliphatic heterocycles. The smallest absolute Gasteiger partial charge is 0.327 e. The average molecular weight is 581 g/mol. The number of ether oxygens (including phenoxy) is 4. The van der Waals surface area contributed by atoms with Crippen LogP contribution in [0.15, 0.2) is 24.3 Å². The number of fused-ring (bicyclic) bond motifs is 1. The van der Waals surface area contributed by atoms with Gasteiger partial charge in [0.1, 0.15) is 30.2 Å². The Hall–Kier alpha value is -3.98. The molecular weight excluding hydrogens is 552 g/mol. The van der Waals surface area contributed by atoms with E-state index in [1.54, 1.807) is 12.1 Å². The molecule has 0 unspecified atom stereocenters. The molecular formula is C25H28N2O12S. The van der Waals surface area contributed by atoms with Crippen LogP contribution in [0, 0.1) is 0 Å². The first-order valence-electron chi connectivity index (χ1n) is 12.0. The van der Waals surface area contributed by atoms with E-state index >= 15 is 0 Å². The van der Waals surface area contributed by atoms with Gasteiger partial charge in [0.2, 0.25) is 5.91 Å². The van der Waals surface area contributed by atoms with Crippen molar-refractivity contribution in [2.75, 3.05) is 12.4 Å². The number of thioether (sulfide) groups is 1. The minimum absolute atomic E-state index is 0.0746. The Morgan fingerprint density at radius 3 is 1.98 bits per heavy atom. The summed E-state index contributed by atoms with van der Waals surface area (Å²) in [5.41, 5.74) is -1.13. The van der Waals surface area contributed by atoms with Crippen molar-refractivity contribution in [1.82, 2.24) is 10.2 Å². The van der Waals surface area contributed by atoms with Crippen molar-refractivity contribution in [3.63, 3.8) is 0 Å². The molecule has 0 bridgehead atoms. The Bertz CT molecular complexity index is 1180. The van der Waals surface area contributed by atoms with E-state index in [9.17, 15) is 38.7 Å². The lowest BCUT2D eigenvalue weighted by Gasteiger charge is -2.47. The third-order valence-corrected chi connectivity index (χ3v) is 7.14. The maximum atomic E-state index is 13.5. The number of hydrogen-bond donors (Lipinski definition) is 2. The largest absolute Gasteiger partial charge is 0.480 e. The second kappa shape index (κ2) is 12.9. The van der Waals surface area contributed by atoms with E-state index in [-0.39, 0.29) is 16.9 Å². The van der Waals surface area contributed by atoms with Crippen molar-refractivity contribution in [2.45, 2.75) is 63.5 Å². The monoisotopic (exact) mass is 580 g/mol. The first-order valence-corrected chi connectivity index (χ1v) is 13.1. The van der Waals surface area contributed by atoms with Gasteiger partial charge in [-0.3, -0.25) is 33.7 Å². The van der Waals surface area contributed by atoms with Gasteiger partial charge in [0.25, 0.3) is 11.8 Å². The SMILES string of the molecule is CC(=O)N[C@@H](CS[C@@H]1O[C@H](COC(C)=O)[C@@H](OC(C)=O)[C@H](OC(C)=O)[C@H]1N1C(=O)c2ccccc2C1=O)C(=O)O. The summed E-state index contributed by atoms with van der Waals surface area (Å²) < 4.78 is 22.1. The molecule has 1 saturated heterocycles. The third kappa shape index (κ3) is 6.96. The fraction of sp³-hybridized carbons (Fsp3) is 0.480. The lowest BCUT2D eigenvalue weighted by Crippen LogP contribution is -2.66. The van der Waals surface area contributed by atoms with Crippen molar-refractivity contribution in [1.29, 1.82) is 0 Å². The van der Waals surface area contributed by atoms with Crippen molar-refractivity contribution in [3.8, 4) is 0 Å². The quantitative estimate of drug-likeness (QED) is 0.216. The van der Waals surface area contributed by atoms with E-state index in [4.69, 9.17) is 18.9 Å². The lowest BCUT2D eigenvalue weighted by molar-refractivity contribution is -0.216. The first kappa shape index (κ1) is 30.6. The molecule has 2 heterocycles. The highest BCUT2D eigenvalue weighted by Crippen LogP contribution is 2.39. The first-order chi connectivity index (χ1) is 18.8. The van der Waals surface area contributed by atoms with E-state index < -0.39 is 84.0 Å². The summed E-state index contributed by atoms with van der Waals surface area (Å²) in [6, 6.07) is 3.18. The number of aliphatic carboxylic acids is 1. The molecule has 2 aliphatic rings. The third-order valence-electron chi connectivity index (χ3n) is 5.90. The number of carboxylic acid groups (broad SMARTS) is 1. The van der Waals surface area contributed by atoms with Crippen molar-refractivity contribution < 1.29 is 57.6 Å². The lowest BCUT2D eigenvalue weighted by atomic mass is 9.96. The van der Waals surface area contributed by atoms with E-state index in [1.165, 1.54) is 12.1 Å². The minimum atomic E-state index is -1.50. The molecule has 216 valence electrons. The van der Waals surface area contributed by atoms with Crippen LogP contribution < -0.4 is 5.32 Å². The maximum absolute atomic E-state index is 13.5. The highest BCUT2D eigenvalue weighted by Gasteiger charge is 2.57. The van der Waals surface area contributed by atoms with E-state index in [0.29, 0.717) is 0 Å². The topological polar surface area (TPSA) is 192 Å². The molecule has 3 amide bonds. The van der Waals surface area contributed by atoms with Crippen molar-refractivity contribution in [3.05, 3.63) is 35.4 Å². The summed E-state index contributed by atoms with van der Waals surface area (Å²) in [4.78, 5) is 86.9. The molecule has 0 aromatic heterocycles. The van der Waals surface area contributed by atoms with Gasteiger partial charge < -0.3 is 29.4 Å². The fourth-order valence-corrected chi connectivity index (χ4v) is 5.69. The number of benzene rings is 1. The Labute approximate surface area is 232 Å². The second-order valence-corrected chi connectivity index (χ2v) is 10.1. The van der Waals surface area contributed by atoms with Gasteiger partial charge in [-0.2, -0.15) is 0 Å². The molecule has 0 spiro atoms. The van der Waals surface area contributed by atoms with E-state index in [1.807, 2.05) is 0 Å². The Morgan fingerprint density at radius 2 is 1.50 bits per heavy atom. The number of carbonyl (C=O) groups excluding carboxylic acids is 6. The van der Waals surface area contributed by atoms with Crippen LogP contribution in [0.5, 0.6) is 0 Å². The molecule has 1 aromatic carbocycles. The molecule has 40 heavy (non-hydrogen) atoms. The minimum Gasteiger partial charge on any atom is -0.480 e. The van der Waals surface area contributed by atoms with Crippen LogP contribution in [0.4, 0.5) is 0 Å². The normalized spacial score (nSPS) is 24.5. The molecule has 1 aromatic rings. The van der Waals surface area contributed by atoms with Gasteiger partial charge in [-0.1, -0.05) is 12.1 Å². The number of nitrogens with zero attached hydrogens (tertiary/aromatic N) is 1. The molecule has 2 N–H and O–H groups in total.